The molecule has 0 aliphatic rings. The maximum Gasteiger partial charge on any atom is 0.408 e. The molecule has 150 valence electrons. The first kappa shape index (κ1) is 22.5. The molecule has 0 saturated carbocycles. The number of ether oxygens (including phenoxy) is 3. The molecule has 0 aliphatic heterocycles. The van der Waals surface area contributed by atoms with Crippen LogP contribution >= 0.6 is 0 Å². The van der Waals surface area contributed by atoms with E-state index in [0.29, 0.717) is 0 Å². The molecular weight excluding hydrogens is 350 g/mol. The molecule has 1 rings (SSSR count). The minimum Gasteiger partial charge on any atom is -0.461 e. The van der Waals surface area contributed by atoms with E-state index in [1.54, 1.807) is 34.6 Å². The Morgan fingerprint density at radius 3 is 2.26 bits per heavy atom. The normalized spacial score (nSPS) is 12.2. The number of alkyl carbamates (subject to hydrolysis) is 1. The average molecular weight is 379 g/mol. The fourth-order valence-electron chi connectivity index (χ4n) is 2.09. The Bertz CT molecular complexity index is 621. The zero-order valence-electron chi connectivity index (χ0n) is 16.6. The third kappa shape index (κ3) is 10.2. The van der Waals surface area contributed by atoms with Crippen LogP contribution in [0.1, 0.15) is 53.0 Å². The third-order valence-corrected chi connectivity index (χ3v) is 3.21. The zero-order valence-corrected chi connectivity index (χ0v) is 16.6. The van der Waals surface area contributed by atoms with Gasteiger partial charge in [0, 0.05) is 6.42 Å². The molecule has 7 nitrogen and oxygen atoms in total. The van der Waals surface area contributed by atoms with Gasteiger partial charge in [0.15, 0.2) is 0 Å². The number of hydrogen-bond donors (Lipinski definition) is 1. The summed E-state index contributed by atoms with van der Waals surface area (Å²) in [5.74, 6) is -1.08. The zero-order chi connectivity index (χ0) is 20.4. The van der Waals surface area contributed by atoms with Crippen LogP contribution in [0.4, 0.5) is 4.79 Å². The van der Waals surface area contributed by atoms with Crippen LogP contribution in [-0.4, -0.2) is 35.8 Å². The second kappa shape index (κ2) is 10.5. The lowest BCUT2D eigenvalue weighted by atomic mass is 10.1. The summed E-state index contributed by atoms with van der Waals surface area (Å²) in [4.78, 5) is 36.1. The molecule has 1 atom stereocenters. The van der Waals surface area contributed by atoms with Gasteiger partial charge in [0.1, 0.15) is 18.2 Å². The Balaban J connectivity index is 2.57. The molecule has 1 aromatic carbocycles. The molecule has 0 bridgehead atoms. The Hall–Kier alpha value is -2.57. The van der Waals surface area contributed by atoms with Crippen LogP contribution in [0.3, 0.4) is 0 Å². The molecule has 7 heteroatoms. The second-order valence-electron chi connectivity index (χ2n) is 7.37. The maximum absolute atomic E-state index is 12.2. The Labute approximate surface area is 160 Å². The Kier molecular flexibility index (Phi) is 8.78. The number of esters is 2. The molecule has 1 aromatic rings. The highest BCUT2D eigenvalue weighted by Crippen LogP contribution is 2.10. The first-order valence-corrected chi connectivity index (χ1v) is 8.96. The molecule has 1 N–H and O–H groups in total. The minimum absolute atomic E-state index is 0.0412. The summed E-state index contributed by atoms with van der Waals surface area (Å²) in [5.41, 5.74) is 0.166. The number of amides is 1. The lowest BCUT2D eigenvalue weighted by Gasteiger charge is -2.23. The van der Waals surface area contributed by atoms with E-state index in [1.165, 1.54) is 0 Å². The monoisotopic (exact) mass is 379 g/mol. The maximum atomic E-state index is 12.2. The lowest BCUT2D eigenvalue weighted by molar-refractivity contribution is -0.151. The minimum atomic E-state index is -0.994. The van der Waals surface area contributed by atoms with Crippen LogP contribution < -0.4 is 5.32 Å². The molecular formula is C20H29NO6. The molecule has 0 heterocycles. The van der Waals surface area contributed by atoms with E-state index in [9.17, 15) is 14.4 Å². The fourth-order valence-corrected chi connectivity index (χ4v) is 2.09. The SMILES string of the molecule is CC(C)OC(=O)[C@H](CCC(=O)OCc1ccccc1)NC(=O)OC(C)(C)C. The van der Waals surface area contributed by atoms with Crippen molar-refractivity contribution in [2.75, 3.05) is 0 Å². The first-order chi connectivity index (χ1) is 12.6. The van der Waals surface area contributed by atoms with Gasteiger partial charge in [-0.25, -0.2) is 9.59 Å². The second-order valence-corrected chi connectivity index (χ2v) is 7.37. The quantitative estimate of drug-likeness (QED) is 0.550. The van der Waals surface area contributed by atoms with Crippen LogP contribution in [0.5, 0.6) is 0 Å². The summed E-state index contributed by atoms with van der Waals surface area (Å²) < 4.78 is 15.5. The number of carbonyl (C=O) groups is 3. The molecule has 0 fully saturated rings. The smallest absolute Gasteiger partial charge is 0.408 e. The van der Waals surface area contributed by atoms with Gasteiger partial charge in [-0.15, -0.1) is 0 Å². The van der Waals surface area contributed by atoms with E-state index < -0.39 is 29.7 Å². The van der Waals surface area contributed by atoms with Crippen LogP contribution in [0.2, 0.25) is 0 Å². The van der Waals surface area contributed by atoms with E-state index >= 15 is 0 Å². The van der Waals surface area contributed by atoms with Crippen LogP contribution in [0.25, 0.3) is 0 Å². The number of carbonyl (C=O) groups excluding carboxylic acids is 3. The largest absolute Gasteiger partial charge is 0.461 e. The average Bonchev–Trinajstić information content (AvgIpc) is 2.55. The standard InChI is InChI=1S/C20H29NO6/c1-14(2)26-18(23)16(21-19(24)27-20(3,4)5)11-12-17(22)25-13-15-9-7-6-8-10-15/h6-10,14,16H,11-13H2,1-5H3,(H,21,24)/t16-/m0/s1. The first-order valence-electron chi connectivity index (χ1n) is 8.96. The van der Waals surface area contributed by atoms with Crippen molar-refractivity contribution in [1.82, 2.24) is 5.32 Å². The van der Waals surface area contributed by atoms with Gasteiger partial charge in [0.2, 0.25) is 0 Å². The molecule has 0 aromatic heterocycles. The third-order valence-electron chi connectivity index (χ3n) is 3.21. The lowest BCUT2D eigenvalue weighted by Crippen LogP contribution is -2.45. The van der Waals surface area contributed by atoms with Crippen molar-refractivity contribution < 1.29 is 28.6 Å². The van der Waals surface area contributed by atoms with E-state index in [1.807, 2.05) is 30.3 Å². The molecule has 0 aliphatic carbocycles. The van der Waals surface area contributed by atoms with Gasteiger partial charge < -0.3 is 19.5 Å². The molecule has 0 radical (unpaired) electrons. The summed E-state index contributed by atoms with van der Waals surface area (Å²) in [5, 5.41) is 2.46. The highest BCUT2D eigenvalue weighted by atomic mass is 16.6. The van der Waals surface area contributed by atoms with Crippen molar-refractivity contribution in [3.8, 4) is 0 Å². The fraction of sp³-hybridized carbons (Fsp3) is 0.550. The van der Waals surface area contributed by atoms with Gasteiger partial charge >= 0.3 is 18.0 Å². The summed E-state index contributed by atoms with van der Waals surface area (Å²) in [6.07, 6.45) is -1.07. The van der Waals surface area contributed by atoms with Crippen molar-refractivity contribution >= 4 is 18.0 Å². The van der Waals surface area contributed by atoms with Gasteiger partial charge in [-0.1, -0.05) is 30.3 Å². The summed E-state index contributed by atoms with van der Waals surface area (Å²) >= 11 is 0. The molecule has 0 unspecified atom stereocenters. The predicted octanol–water partition coefficient (Wildman–Crippen LogP) is 3.35. The number of benzene rings is 1. The molecule has 27 heavy (non-hydrogen) atoms. The van der Waals surface area contributed by atoms with Crippen molar-refractivity contribution in [2.24, 2.45) is 0 Å². The molecule has 0 spiro atoms. The van der Waals surface area contributed by atoms with Crippen molar-refractivity contribution in [2.45, 2.75) is 71.8 Å². The van der Waals surface area contributed by atoms with Crippen LogP contribution in [-0.2, 0) is 30.4 Å². The van der Waals surface area contributed by atoms with E-state index in [0.717, 1.165) is 5.56 Å². The number of hydrogen-bond acceptors (Lipinski definition) is 6. The summed E-state index contributed by atoms with van der Waals surface area (Å²) in [6.45, 7) is 8.71. The van der Waals surface area contributed by atoms with E-state index in [2.05, 4.69) is 5.32 Å². The number of rotatable bonds is 8. The van der Waals surface area contributed by atoms with Crippen molar-refractivity contribution in [1.29, 1.82) is 0 Å². The van der Waals surface area contributed by atoms with Gasteiger partial charge in [-0.3, -0.25) is 4.79 Å². The highest BCUT2D eigenvalue weighted by molar-refractivity contribution is 5.82. The number of nitrogens with one attached hydrogen (secondary N) is 1. The van der Waals surface area contributed by atoms with Crippen molar-refractivity contribution in [3.63, 3.8) is 0 Å². The Morgan fingerprint density at radius 2 is 1.70 bits per heavy atom. The highest BCUT2D eigenvalue weighted by Gasteiger charge is 2.27. The van der Waals surface area contributed by atoms with Crippen LogP contribution in [0, 0.1) is 0 Å². The summed E-state index contributed by atoms with van der Waals surface area (Å²) in [7, 11) is 0. The van der Waals surface area contributed by atoms with Crippen LogP contribution in [0.15, 0.2) is 30.3 Å². The van der Waals surface area contributed by atoms with E-state index in [-0.39, 0.29) is 25.6 Å². The Morgan fingerprint density at radius 1 is 1.07 bits per heavy atom. The van der Waals surface area contributed by atoms with Crippen molar-refractivity contribution in [3.05, 3.63) is 35.9 Å². The topological polar surface area (TPSA) is 90.9 Å². The van der Waals surface area contributed by atoms with Gasteiger partial charge in [0.25, 0.3) is 0 Å². The van der Waals surface area contributed by atoms with Gasteiger partial charge in [-0.05, 0) is 46.6 Å². The van der Waals surface area contributed by atoms with Gasteiger partial charge in [0.05, 0.1) is 6.10 Å². The molecule has 0 saturated heterocycles. The summed E-state index contributed by atoms with van der Waals surface area (Å²) in [6, 6.07) is 8.28. The van der Waals surface area contributed by atoms with Gasteiger partial charge in [-0.2, -0.15) is 0 Å². The van der Waals surface area contributed by atoms with E-state index in [4.69, 9.17) is 14.2 Å². The molecule has 1 amide bonds. The predicted molar refractivity (Wildman–Crippen MR) is 99.9 cm³/mol.